The Hall–Kier alpha value is -1.52. The summed E-state index contributed by atoms with van der Waals surface area (Å²) in [4.78, 5) is 1.28. The van der Waals surface area contributed by atoms with Gasteiger partial charge in [-0.05, 0) is 36.7 Å². The van der Waals surface area contributed by atoms with E-state index in [2.05, 4.69) is 48.8 Å². The summed E-state index contributed by atoms with van der Waals surface area (Å²) in [7, 11) is 1.71. The van der Waals surface area contributed by atoms with Gasteiger partial charge in [0.15, 0.2) is 0 Å². The fourth-order valence-electron chi connectivity index (χ4n) is 2.80. The predicted molar refractivity (Wildman–Crippen MR) is 86.6 cm³/mol. The number of rotatable bonds is 5. The molecule has 2 unspecified atom stereocenters. The molecular weight excluding hydrogens is 282 g/mol. The first kappa shape index (κ1) is 14.4. The zero-order valence-electron chi connectivity index (χ0n) is 12.7. The fraction of sp³-hybridized carbons (Fsp3) is 0.412. The van der Waals surface area contributed by atoms with Gasteiger partial charge in [0.1, 0.15) is 17.6 Å². The van der Waals surface area contributed by atoms with Gasteiger partial charge >= 0.3 is 0 Å². The number of methoxy groups -OCH3 is 1. The van der Waals surface area contributed by atoms with Crippen molar-refractivity contribution >= 4 is 11.3 Å². The van der Waals surface area contributed by atoms with Gasteiger partial charge in [0.2, 0.25) is 0 Å². The molecular formula is C17H21NO2S. The van der Waals surface area contributed by atoms with Crippen LogP contribution in [0.3, 0.4) is 0 Å². The first-order chi connectivity index (χ1) is 10.2. The van der Waals surface area contributed by atoms with Gasteiger partial charge in [-0.25, -0.2) is 0 Å². The summed E-state index contributed by atoms with van der Waals surface area (Å²) in [5, 5.41) is 5.62. The molecule has 2 aromatic rings. The third-order valence-corrected chi connectivity index (χ3v) is 4.75. The van der Waals surface area contributed by atoms with Crippen LogP contribution in [0.1, 0.15) is 35.9 Å². The monoisotopic (exact) mass is 303 g/mol. The van der Waals surface area contributed by atoms with Crippen LogP contribution >= 0.6 is 11.3 Å². The maximum absolute atomic E-state index is 5.79. The van der Waals surface area contributed by atoms with E-state index in [0.717, 1.165) is 24.5 Å². The molecule has 1 N–H and O–H groups in total. The lowest BCUT2D eigenvalue weighted by molar-refractivity contribution is 0.254. The van der Waals surface area contributed by atoms with Gasteiger partial charge in [-0.1, -0.05) is 19.1 Å². The number of thiophene rings is 1. The molecule has 3 nitrogen and oxygen atoms in total. The van der Waals surface area contributed by atoms with Gasteiger partial charge in [0.05, 0.1) is 13.2 Å². The Balaban J connectivity index is 1.92. The molecule has 1 aliphatic rings. The predicted octanol–water partition coefficient (Wildman–Crippen LogP) is 3.78. The molecule has 0 saturated heterocycles. The van der Waals surface area contributed by atoms with Crippen LogP contribution in [0.2, 0.25) is 0 Å². The standard InChI is InChI=1S/C17H21NO2S/c1-4-18-17(16-9-14(19-3)10-21-16)12-5-6-15-13(8-12)7-11(2)20-15/h5-6,8-11,17-18H,4,7H2,1-3H3. The molecule has 1 aromatic carbocycles. The molecule has 0 radical (unpaired) electrons. The molecule has 2 heterocycles. The lowest BCUT2D eigenvalue weighted by Gasteiger charge is -2.17. The van der Waals surface area contributed by atoms with Crippen molar-refractivity contribution in [3.05, 3.63) is 45.6 Å². The molecule has 1 aromatic heterocycles. The highest BCUT2D eigenvalue weighted by Crippen LogP contribution is 2.35. The van der Waals surface area contributed by atoms with E-state index >= 15 is 0 Å². The normalized spacial score (nSPS) is 18.1. The Bertz CT molecular complexity index is 623. The van der Waals surface area contributed by atoms with Crippen LogP contribution in [0.25, 0.3) is 0 Å². The van der Waals surface area contributed by atoms with Crippen molar-refractivity contribution in [2.75, 3.05) is 13.7 Å². The molecule has 21 heavy (non-hydrogen) atoms. The quantitative estimate of drug-likeness (QED) is 0.912. The van der Waals surface area contributed by atoms with E-state index in [1.54, 1.807) is 18.4 Å². The summed E-state index contributed by atoms with van der Waals surface area (Å²) in [5.41, 5.74) is 2.60. The number of nitrogens with one attached hydrogen (secondary N) is 1. The third kappa shape index (κ3) is 2.92. The second kappa shape index (κ2) is 6.08. The Morgan fingerprint density at radius 2 is 2.29 bits per heavy atom. The van der Waals surface area contributed by atoms with Crippen LogP contribution in [-0.2, 0) is 6.42 Å². The summed E-state index contributed by atoms with van der Waals surface area (Å²) < 4.78 is 11.1. The summed E-state index contributed by atoms with van der Waals surface area (Å²) in [5.74, 6) is 1.96. The van der Waals surface area contributed by atoms with E-state index in [1.807, 2.05) is 0 Å². The zero-order chi connectivity index (χ0) is 14.8. The minimum Gasteiger partial charge on any atom is -0.496 e. The third-order valence-electron chi connectivity index (χ3n) is 3.78. The average Bonchev–Trinajstić information content (AvgIpc) is 3.09. The van der Waals surface area contributed by atoms with E-state index in [9.17, 15) is 0 Å². The molecule has 1 aliphatic heterocycles. The molecule has 0 bridgehead atoms. The van der Waals surface area contributed by atoms with Crippen LogP contribution < -0.4 is 14.8 Å². The number of fused-ring (bicyclic) bond motifs is 1. The average molecular weight is 303 g/mol. The van der Waals surface area contributed by atoms with Crippen molar-refractivity contribution in [1.29, 1.82) is 0 Å². The molecule has 4 heteroatoms. The first-order valence-electron chi connectivity index (χ1n) is 7.36. The Morgan fingerprint density at radius 1 is 1.43 bits per heavy atom. The topological polar surface area (TPSA) is 30.5 Å². The Morgan fingerprint density at radius 3 is 3.00 bits per heavy atom. The molecule has 0 amide bonds. The van der Waals surface area contributed by atoms with Gasteiger partial charge in [0, 0.05) is 16.7 Å². The molecule has 3 rings (SSSR count). The van der Waals surface area contributed by atoms with Crippen LogP contribution in [0.4, 0.5) is 0 Å². The molecule has 0 fully saturated rings. The van der Waals surface area contributed by atoms with Gasteiger partial charge in [-0.15, -0.1) is 11.3 Å². The minimum absolute atomic E-state index is 0.213. The minimum atomic E-state index is 0.213. The molecule has 0 aliphatic carbocycles. The summed E-state index contributed by atoms with van der Waals surface area (Å²) in [6, 6.07) is 8.87. The maximum atomic E-state index is 5.79. The summed E-state index contributed by atoms with van der Waals surface area (Å²) in [6.45, 7) is 5.18. The fourth-order valence-corrected chi connectivity index (χ4v) is 3.76. The Labute approximate surface area is 129 Å². The lowest BCUT2D eigenvalue weighted by atomic mass is 10.0. The van der Waals surface area contributed by atoms with Crippen LogP contribution in [-0.4, -0.2) is 19.8 Å². The number of hydrogen-bond donors (Lipinski definition) is 1. The molecule has 2 atom stereocenters. The second-order valence-electron chi connectivity index (χ2n) is 5.38. The SMILES string of the molecule is CCNC(c1ccc2c(c1)CC(C)O2)c1cc(OC)cs1. The zero-order valence-corrected chi connectivity index (χ0v) is 13.5. The molecule has 0 saturated carbocycles. The lowest BCUT2D eigenvalue weighted by Crippen LogP contribution is -2.21. The number of ether oxygens (including phenoxy) is 2. The van der Waals surface area contributed by atoms with Crippen molar-refractivity contribution < 1.29 is 9.47 Å². The van der Waals surface area contributed by atoms with Gasteiger partial charge in [0.25, 0.3) is 0 Å². The van der Waals surface area contributed by atoms with Crippen molar-refractivity contribution in [3.63, 3.8) is 0 Å². The molecule has 112 valence electrons. The summed E-state index contributed by atoms with van der Waals surface area (Å²) >= 11 is 1.73. The van der Waals surface area contributed by atoms with Crippen molar-refractivity contribution in [3.8, 4) is 11.5 Å². The second-order valence-corrected chi connectivity index (χ2v) is 6.32. The largest absolute Gasteiger partial charge is 0.496 e. The summed E-state index contributed by atoms with van der Waals surface area (Å²) in [6.07, 6.45) is 1.28. The number of hydrogen-bond acceptors (Lipinski definition) is 4. The van der Waals surface area contributed by atoms with Crippen molar-refractivity contribution in [2.24, 2.45) is 0 Å². The van der Waals surface area contributed by atoms with Gasteiger partial charge in [-0.2, -0.15) is 0 Å². The highest BCUT2D eigenvalue weighted by atomic mass is 32.1. The maximum Gasteiger partial charge on any atom is 0.129 e. The van der Waals surface area contributed by atoms with Crippen LogP contribution in [0.15, 0.2) is 29.6 Å². The van der Waals surface area contributed by atoms with Crippen LogP contribution in [0, 0.1) is 0 Å². The smallest absolute Gasteiger partial charge is 0.129 e. The van der Waals surface area contributed by atoms with E-state index in [1.165, 1.54) is 16.0 Å². The van der Waals surface area contributed by atoms with Crippen LogP contribution in [0.5, 0.6) is 11.5 Å². The van der Waals surface area contributed by atoms with E-state index < -0.39 is 0 Å². The highest BCUT2D eigenvalue weighted by Gasteiger charge is 2.22. The van der Waals surface area contributed by atoms with E-state index in [0.29, 0.717) is 0 Å². The van der Waals surface area contributed by atoms with E-state index in [-0.39, 0.29) is 12.1 Å². The molecule has 0 spiro atoms. The Kier molecular flexibility index (Phi) is 4.17. The van der Waals surface area contributed by atoms with Crippen molar-refractivity contribution in [1.82, 2.24) is 5.32 Å². The van der Waals surface area contributed by atoms with E-state index in [4.69, 9.17) is 9.47 Å². The van der Waals surface area contributed by atoms with Crippen molar-refractivity contribution in [2.45, 2.75) is 32.4 Å². The highest BCUT2D eigenvalue weighted by molar-refractivity contribution is 7.10. The number of benzene rings is 1. The first-order valence-corrected chi connectivity index (χ1v) is 8.24. The van der Waals surface area contributed by atoms with Gasteiger partial charge < -0.3 is 14.8 Å². The van der Waals surface area contributed by atoms with Gasteiger partial charge in [-0.3, -0.25) is 0 Å².